The average Bonchev–Trinajstić information content (AvgIpc) is 2.53. The van der Waals surface area contributed by atoms with E-state index in [1.165, 1.54) is 16.3 Å². The molecular weight excluding hydrogens is 264 g/mol. The normalized spacial score (nSPS) is 12.7. The summed E-state index contributed by atoms with van der Waals surface area (Å²) in [4.78, 5) is 4.26. The highest BCUT2D eigenvalue weighted by atomic mass is 16.5. The molecule has 1 atom stereocenters. The summed E-state index contributed by atoms with van der Waals surface area (Å²) in [6, 6.07) is 8.74. The molecule has 4 heteroatoms. The van der Waals surface area contributed by atoms with Gasteiger partial charge < -0.3 is 14.8 Å². The SMILES string of the molecule is CCNC(CCOCCOC)c1cccc2ccncc12. The van der Waals surface area contributed by atoms with Crippen molar-refractivity contribution in [2.45, 2.75) is 19.4 Å². The number of benzene rings is 1. The van der Waals surface area contributed by atoms with Crippen molar-refractivity contribution in [3.05, 3.63) is 42.2 Å². The van der Waals surface area contributed by atoms with Gasteiger partial charge in [-0.25, -0.2) is 0 Å². The third-order valence-corrected chi connectivity index (χ3v) is 3.53. The van der Waals surface area contributed by atoms with Gasteiger partial charge in [-0.3, -0.25) is 4.98 Å². The van der Waals surface area contributed by atoms with Crippen LogP contribution in [0, 0.1) is 0 Å². The number of hydrogen-bond acceptors (Lipinski definition) is 4. The molecular formula is C17H24N2O2. The predicted octanol–water partition coefficient (Wildman–Crippen LogP) is 2.94. The van der Waals surface area contributed by atoms with E-state index in [1.807, 2.05) is 12.4 Å². The Hall–Kier alpha value is -1.49. The number of hydrogen-bond donors (Lipinski definition) is 1. The zero-order valence-corrected chi connectivity index (χ0v) is 12.8. The lowest BCUT2D eigenvalue weighted by atomic mass is 9.98. The number of aromatic nitrogens is 1. The zero-order chi connectivity index (χ0) is 14.9. The molecule has 21 heavy (non-hydrogen) atoms. The molecule has 0 fully saturated rings. The molecule has 0 radical (unpaired) electrons. The van der Waals surface area contributed by atoms with Crippen LogP contribution in [0.2, 0.25) is 0 Å². The molecule has 0 aliphatic heterocycles. The fourth-order valence-corrected chi connectivity index (χ4v) is 2.50. The van der Waals surface area contributed by atoms with Gasteiger partial charge in [0.05, 0.1) is 13.2 Å². The summed E-state index contributed by atoms with van der Waals surface area (Å²) in [5.74, 6) is 0. The number of nitrogens with zero attached hydrogens (tertiary/aromatic N) is 1. The summed E-state index contributed by atoms with van der Waals surface area (Å²) in [6.07, 6.45) is 4.72. The maximum Gasteiger partial charge on any atom is 0.0700 e. The third kappa shape index (κ3) is 4.49. The summed E-state index contributed by atoms with van der Waals surface area (Å²) >= 11 is 0. The molecule has 0 aliphatic carbocycles. The van der Waals surface area contributed by atoms with Crippen molar-refractivity contribution < 1.29 is 9.47 Å². The second-order valence-electron chi connectivity index (χ2n) is 4.95. The van der Waals surface area contributed by atoms with Crippen molar-refractivity contribution in [2.24, 2.45) is 0 Å². The fraction of sp³-hybridized carbons (Fsp3) is 0.471. The van der Waals surface area contributed by atoms with Crippen LogP contribution in [0.25, 0.3) is 10.8 Å². The number of rotatable bonds is 9. The number of ether oxygens (including phenoxy) is 2. The van der Waals surface area contributed by atoms with Gasteiger partial charge in [0.1, 0.15) is 0 Å². The Morgan fingerprint density at radius 3 is 2.90 bits per heavy atom. The summed E-state index contributed by atoms with van der Waals surface area (Å²) in [7, 11) is 1.69. The molecule has 0 amide bonds. The maximum absolute atomic E-state index is 5.60. The molecule has 0 saturated heterocycles. The number of pyridine rings is 1. The first-order chi connectivity index (χ1) is 10.4. The third-order valence-electron chi connectivity index (χ3n) is 3.53. The van der Waals surface area contributed by atoms with E-state index in [1.54, 1.807) is 7.11 Å². The Morgan fingerprint density at radius 1 is 1.19 bits per heavy atom. The minimum absolute atomic E-state index is 0.283. The molecule has 1 aromatic carbocycles. The maximum atomic E-state index is 5.60. The number of methoxy groups -OCH3 is 1. The average molecular weight is 288 g/mol. The lowest BCUT2D eigenvalue weighted by Crippen LogP contribution is -2.23. The molecule has 2 aromatic rings. The van der Waals surface area contributed by atoms with Crippen LogP contribution in [0.5, 0.6) is 0 Å². The minimum Gasteiger partial charge on any atom is -0.382 e. The highest BCUT2D eigenvalue weighted by molar-refractivity contribution is 5.85. The van der Waals surface area contributed by atoms with Crippen molar-refractivity contribution in [1.29, 1.82) is 0 Å². The second-order valence-corrected chi connectivity index (χ2v) is 4.95. The first-order valence-corrected chi connectivity index (χ1v) is 7.49. The molecule has 1 N–H and O–H groups in total. The van der Waals surface area contributed by atoms with Crippen molar-refractivity contribution >= 4 is 10.8 Å². The van der Waals surface area contributed by atoms with Crippen LogP contribution in [-0.4, -0.2) is 38.5 Å². The van der Waals surface area contributed by atoms with Crippen LogP contribution in [0.1, 0.15) is 24.9 Å². The molecule has 0 aliphatic rings. The molecule has 0 bridgehead atoms. The Bertz CT molecular complexity index is 540. The fourth-order valence-electron chi connectivity index (χ4n) is 2.50. The van der Waals surface area contributed by atoms with Crippen molar-refractivity contribution in [3.8, 4) is 0 Å². The smallest absolute Gasteiger partial charge is 0.0700 e. The lowest BCUT2D eigenvalue weighted by Gasteiger charge is -2.20. The van der Waals surface area contributed by atoms with Gasteiger partial charge in [-0.15, -0.1) is 0 Å². The predicted molar refractivity (Wildman–Crippen MR) is 85.5 cm³/mol. The lowest BCUT2D eigenvalue weighted by molar-refractivity contribution is 0.0659. The first kappa shape index (κ1) is 15.9. The summed E-state index contributed by atoms with van der Waals surface area (Å²) in [6.45, 7) is 5.07. The highest BCUT2D eigenvalue weighted by Gasteiger charge is 2.13. The molecule has 1 heterocycles. The Labute approximate surface area is 126 Å². The molecule has 2 rings (SSSR count). The highest BCUT2D eigenvalue weighted by Crippen LogP contribution is 2.25. The first-order valence-electron chi connectivity index (χ1n) is 7.49. The van der Waals surface area contributed by atoms with Gasteiger partial charge in [-0.1, -0.05) is 25.1 Å². The summed E-state index contributed by atoms with van der Waals surface area (Å²) in [5.41, 5.74) is 1.29. The quantitative estimate of drug-likeness (QED) is 0.721. The molecule has 114 valence electrons. The molecule has 4 nitrogen and oxygen atoms in total. The van der Waals surface area contributed by atoms with E-state index >= 15 is 0 Å². The molecule has 1 aromatic heterocycles. The van der Waals surface area contributed by atoms with Crippen LogP contribution < -0.4 is 5.32 Å². The Balaban J connectivity index is 2.08. The van der Waals surface area contributed by atoms with E-state index in [0.29, 0.717) is 13.2 Å². The standard InChI is InChI=1S/C17H24N2O2/c1-3-19-17(8-10-21-12-11-20-2)15-6-4-5-14-7-9-18-13-16(14)15/h4-7,9,13,17,19H,3,8,10-12H2,1-2H3. The van der Waals surface area contributed by atoms with Gasteiger partial charge in [0.15, 0.2) is 0 Å². The zero-order valence-electron chi connectivity index (χ0n) is 12.8. The van der Waals surface area contributed by atoms with Gasteiger partial charge in [0.25, 0.3) is 0 Å². The molecule has 1 unspecified atom stereocenters. The molecule has 0 spiro atoms. The Morgan fingerprint density at radius 2 is 2.10 bits per heavy atom. The summed E-state index contributed by atoms with van der Waals surface area (Å²) < 4.78 is 10.6. The van der Waals surface area contributed by atoms with Gasteiger partial charge >= 0.3 is 0 Å². The van der Waals surface area contributed by atoms with Gasteiger partial charge in [-0.2, -0.15) is 0 Å². The Kier molecular flexibility index (Phi) is 6.60. The van der Waals surface area contributed by atoms with Gasteiger partial charge in [-0.05, 0) is 30.0 Å². The largest absolute Gasteiger partial charge is 0.382 e. The van der Waals surface area contributed by atoms with E-state index in [-0.39, 0.29) is 6.04 Å². The minimum atomic E-state index is 0.283. The van der Waals surface area contributed by atoms with Gasteiger partial charge in [0.2, 0.25) is 0 Å². The van der Waals surface area contributed by atoms with Crippen LogP contribution in [0.4, 0.5) is 0 Å². The monoisotopic (exact) mass is 288 g/mol. The van der Waals surface area contributed by atoms with Crippen LogP contribution >= 0.6 is 0 Å². The topological polar surface area (TPSA) is 43.4 Å². The second kappa shape index (κ2) is 8.72. The van der Waals surface area contributed by atoms with Crippen LogP contribution in [-0.2, 0) is 9.47 Å². The van der Waals surface area contributed by atoms with E-state index in [9.17, 15) is 0 Å². The van der Waals surface area contributed by atoms with Gasteiger partial charge in [0, 0.05) is 37.5 Å². The van der Waals surface area contributed by atoms with E-state index < -0.39 is 0 Å². The molecule has 0 saturated carbocycles. The van der Waals surface area contributed by atoms with Crippen LogP contribution in [0.3, 0.4) is 0 Å². The van der Waals surface area contributed by atoms with E-state index in [4.69, 9.17) is 9.47 Å². The van der Waals surface area contributed by atoms with E-state index in [0.717, 1.165) is 19.6 Å². The van der Waals surface area contributed by atoms with Crippen molar-refractivity contribution in [3.63, 3.8) is 0 Å². The van der Waals surface area contributed by atoms with Crippen LogP contribution in [0.15, 0.2) is 36.7 Å². The summed E-state index contributed by atoms with van der Waals surface area (Å²) in [5, 5.41) is 5.98. The number of nitrogens with one attached hydrogen (secondary N) is 1. The van der Waals surface area contributed by atoms with Crippen molar-refractivity contribution in [1.82, 2.24) is 10.3 Å². The van der Waals surface area contributed by atoms with E-state index in [2.05, 4.69) is 41.5 Å². The van der Waals surface area contributed by atoms with Crippen molar-refractivity contribution in [2.75, 3.05) is 33.5 Å². The number of fused-ring (bicyclic) bond motifs is 1.